The lowest BCUT2D eigenvalue weighted by Gasteiger charge is -2.27. The van der Waals surface area contributed by atoms with Gasteiger partial charge < -0.3 is 19.4 Å². The number of fused-ring (bicyclic) bond motifs is 1. The molecule has 1 saturated heterocycles. The number of nitrogens with zero attached hydrogens (tertiary/aromatic N) is 3. The molecule has 2 aromatic heterocycles. The van der Waals surface area contributed by atoms with Crippen LogP contribution in [0.15, 0.2) is 6.20 Å². The summed E-state index contributed by atoms with van der Waals surface area (Å²) < 4.78 is 52.8. The highest BCUT2D eigenvalue weighted by molar-refractivity contribution is 6.76. The minimum atomic E-state index is -4.55. The molecule has 0 radical (unpaired) electrons. The fourth-order valence-corrected chi connectivity index (χ4v) is 3.55. The van der Waals surface area contributed by atoms with E-state index in [1.165, 1.54) is 4.57 Å². The molecule has 0 saturated carbocycles. The van der Waals surface area contributed by atoms with Gasteiger partial charge in [0.15, 0.2) is 0 Å². The maximum Gasteiger partial charge on any atom is 0.418 e. The predicted octanol–water partition coefficient (Wildman–Crippen LogP) is 4.23. The van der Waals surface area contributed by atoms with Crippen molar-refractivity contribution >= 4 is 36.5 Å². The summed E-state index contributed by atoms with van der Waals surface area (Å²) in [5, 5.41) is 2.74. The molecule has 1 N–H and O–H groups in total. The minimum absolute atomic E-state index is 0.0314. The van der Waals surface area contributed by atoms with E-state index in [4.69, 9.17) is 21.1 Å². The lowest BCUT2D eigenvalue weighted by molar-refractivity contribution is -0.136. The number of anilines is 1. The van der Waals surface area contributed by atoms with Crippen LogP contribution in [-0.2, 0) is 22.4 Å². The first-order valence-electron chi connectivity index (χ1n) is 8.60. The largest absolute Gasteiger partial charge is 0.418 e. The molecule has 11 heteroatoms. The van der Waals surface area contributed by atoms with Gasteiger partial charge in [-0.05, 0) is 17.6 Å². The number of hydrogen-bond acceptors (Lipinski definition) is 5. The van der Waals surface area contributed by atoms with Crippen LogP contribution in [0.5, 0.6) is 0 Å². The predicted molar refractivity (Wildman–Crippen MR) is 99.9 cm³/mol. The highest BCUT2D eigenvalue weighted by Gasteiger charge is 2.37. The molecule has 2 aromatic rings. The number of aromatic nitrogens is 3. The first kappa shape index (κ1) is 20.4. The van der Waals surface area contributed by atoms with Crippen LogP contribution in [0.25, 0.3) is 11.0 Å². The molecule has 0 unspecified atom stereocenters. The zero-order valence-electron chi connectivity index (χ0n) is 15.4. The summed E-state index contributed by atoms with van der Waals surface area (Å²) in [6, 6.07) is 0.819. The topological polar surface area (TPSA) is 61.2 Å². The van der Waals surface area contributed by atoms with Gasteiger partial charge in [-0.2, -0.15) is 18.2 Å². The molecule has 27 heavy (non-hydrogen) atoms. The van der Waals surface area contributed by atoms with Crippen molar-refractivity contribution in [2.24, 2.45) is 0 Å². The Morgan fingerprint density at radius 3 is 2.59 bits per heavy atom. The zero-order chi connectivity index (χ0) is 19.8. The number of ether oxygens (including phenoxy) is 2. The highest BCUT2D eigenvalue weighted by atomic mass is 35.5. The van der Waals surface area contributed by atoms with Gasteiger partial charge in [-0.15, -0.1) is 0 Å². The fourth-order valence-electron chi connectivity index (χ4n) is 2.63. The minimum Gasteiger partial charge on any atom is -0.377 e. The molecule has 3 heterocycles. The SMILES string of the molecule is C[Si](C)(C)CCOCn1cc(C(F)(F)F)c2c(NC3COC3)nc(Cl)nc21. The summed E-state index contributed by atoms with van der Waals surface area (Å²) in [6.07, 6.45) is -3.54. The maximum atomic E-state index is 13.6. The van der Waals surface area contributed by atoms with E-state index in [1.807, 2.05) is 0 Å². The van der Waals surface area contributed by atoms with E-state index in [9.17, 15) is 13.2 Å². The van der Waals surface area contributed by atoms with E-state index in [0.29, 0.717) is 19.8 Å². The van der Waals surface area contributed by atoms with Crippen molar-refractivity contribution in [2.75, 3.05) is 25.1 Å². The van der Waals surface area contributed by atoms with Crippen LogP contribution in [0.2, 0.25) is 31.0 Å². The van der Waals surface area contributed by atoms with Crippen molar-refractivity contribution in [1.29, 1.82) is 0 Å². The molecular formula is C16H22ClF3N4O2Si. The van der Waals surface area contributed by atoms with Crippen LogP contribution in [0.3, 0.4) is 0 Å². The summed E-state index contributed by atoms with van der Waals surface area (Å²) in [5.41, 5.74) is -0.719. The Labute approximate surface area is 161 Å². The second-order valence-corrected chi connectivity index (χ2v) is 13.7. The molecule has 6 nitrogen and oxygen atoms in total. The number of hydrogen-bond donors (Lipinski definition) is 1. The Bertz CT molecular complexity index is 819. The van der Waals surface area contributed by atoms with Crippen LogP contribution >= 0.6 is 11.6 Å². The number of nitrogens with one attached hydrogen (secondary N) is 1. The molecular weight excluding hydrogens is 401 g/mol. The van der Waals surface area contributed by atoms with Crippen LogP contribution in [0.4, 0.5) is 19.0 Å². The number of halogens is 4. The van der Waals surface area contributed by atoms with E-state index in [0.717, 1.165) is 12.2 Å². The molecule has 150 valence electrons. The summed E-state index contributed by atoms with van der Waals surface area (Å²) >= 11 is 5.96. The van der Waals surface area contributed by atoms with E-state index < -0.39 is 19.8 Å². The van der Waals surface area contributed by atoms with Gasteiger partial charge in [0.2, 0.25) is 5.28 Å². The van der Waals surface area contributed by atoms with Crippen LogP contribution in [0.1, 0.15) is 5.56 Å². The smallest absolute Gasteiger partial charge is 0.377 e. The molecule has 1 fully saturated rings. The third-order valence-electron chi connectivity index (χ3n) is 4.20. The molecule has 1 aliphatic rings. The van der Waals surface area contributed by atoms with Crippen molar-refractivity contribution in [3.63, 3.8) is 0 Å². The van der Waals surface area contributed by atoms with Crippen molar-refractivity contribution in [3.8, 4) is 0 Å². The number of rotatable bonds is 7. The van der Waals surface area contributed by atoms with Gasteiger partial charge in [-0.25, -0.2) is 4.98 Å². The third kappa shape index (κ3) is 4.92. The third-order valence-corrected chi connectivity index (χ3v) is 6.07. The first-order valence-corrected chi connectivity index (χ1v) is 12.7. The van der Waals surface area contributed by atoms with Crippen LogP contribution in [-0.4, -0.2) is 48.5 Å². The molecule has 0 spiro atoms. The molecule has 0 amide bonds. The second-order valence-electron chi connectivity index (χ2n) is 7.78. The standard InChI is InChI=1S/C16H22ClF3N4O2Si/c1-27(2,3)5-4-25-9-24-6-11(16(18,19)20)12-13(21-10-7-26-8-10)22-15(17)23-14(12)24/h6,10H,4-5,7-9H2,1-3H3,(H,21,22,23). The van der Waals surface area contributed by atoms with Gasteiger partial charge >= 0.3 is 6.18 Å². The van der Waals surface area contributed by atoms with E-state index in [-0.39, 0.29) is 34.9 Å². The zero-order valence-corrected chi connectivity index (χ0v) is 17.1. The maximum absolute atomic E-state index is 13.6. The van der Waals surface area contributed by atoms with E-state index in [2.05, 4.69) is 34.9 Å². The Hall–Kier alpha value is -1.36. The lowest BCUT2D eigenvalue weighted by atomic mass is 10.2. The summed E-state index contributed by atoms with van der Waals surface area (Å²) in [7, 11) is -1.29. The second kappa shape index (κ2) is 7.57. The summed E-state index contributed by atoms with van der Waals surface area (Å²) in [6.45, 7) is 7.89. The number of alkyl halides is 3. The van der Waals surface area contributed by atoms with Gasteiger partial charge in [-0.3, -0.25) is 0 Å². The Morgan fingerprint density at radius 2 is 2.04 bits per heavy atom. The van der Waals surface area contributed by atoms with Gasteiger partial charge in [0.25, 0.3) is 0 Å². The lowest BCUT2D eigenvalue weighted by Crippen LogP contribution is -2.40. The molecule has 3 rings (SSSR count). The summed E-state index contributed by atoms with van der Waals surface area (Å²) in [4.78, 5) is 8.00. The quantitative estimate of drug-likeness (QED) is 0.411. The van der Waals surface area contributed by atoms with E-state index in [1.54, 1.807) is 0 Å². The molecule has 0 bridgehead atoms. The monoisotopic (exact) mass is 422 g/mol. The first-order chi connectivity index (χ1) is 12.5. The average molecular weight is 423 g/mol. The molecule has 1 aliphatic heterocycles. The van der Waals surface area contributed by atoms with Crippen molar-refractivity contribution in [2.45, 2.75) is 44.6 Å². The van der Waals surface area contributed by atoms with Crippen molar-refractivity contribution in [3.05, 3.63) is 17.0 Å². The average Bonchev–Trinajstić information content (AvgIpc) is 2.85. The Morgan fingerprint density at radius 1 is 1.33 bits per heavy atom. The van der Waals surface area contributed by atoms with Crippen molar-refractivity contribution in [1.82, 2.24) is 14.5 Å². The Balaban J connectivity index is 1.94. The van der Waals surface area contributed by atoms with Gasteiger partial charge in [0.05, 0.1) is 30.2 Å². The fraction of sp³-hybridized carbons (Fsp3) is 0.625. The van der Waals surface area contributed by atoms with Gasteiger partial charge in [0, 0.05) is 20.9 Å². The molecule has 0 aliphatic carbocycles. The van der Waals surface area contributed by atoms with Crippen LogP contribution < -0.4 is 5.32 Å². The molecule has 0 aromatic carbocycles. The normalized spacial score (nSPS) is 16.0. The van der Waals surface area contributed by atoms with Crippen molar-refractivity contribution < 1.29 is 22.6 Å². The van der Waals surface area contributed by atoms with Gasteiger partial charge in [-0.1, -0.05) is 19.6 Å². The molecule has 0 atom stereocenters. The van der Waals surface area contributed by atoms with E-state index >= 15 is 0 Å². The van der Waals surface area contributed by atoms with Gasteiger partial charge in [0.1, 0.15) is 18.2 Å². The summed E-state index contributed by atoms with van der Waals surface area (Å²) in [5.74, 6) is 0.0615. The van der Waals surface area contributed by atoms with Crippen LogP contribution in [0, 0.1) is 0 Å². The highest BCUT2D eigenvalue weighted by Crippen LogP contribution is 2.39. The Kier molecular flexibility index (Phi) is 5.71.